The number of amides is 2. The molecule has 9 heteroatoms. The number of rotatable bonds is 6. The molecule has 0 radical (unpaired) electrons. The Hall–Kier alpha value is -1.79. The number of nitrogens with zero attached hydrogens (tertiary/aromatic N) is 1. The predicted molar refractivity (Wildman–Crippen MR) is 118 cm³/mol. The molecular formula is C21H18Cl4N2O3. The van der Waals surface area contributed by atoms with Gasteiger partial charge in [-0.05, 0) is 48.2 Å². The van der Waals surface area contributed by atoms with Gasteiger partial charge in [0.1, 0.15) is 5.92 Å². The molecule has 158 valence electrons. The highest BCUT2D eigenvalue weighted by Gasteiger charge is 2.50. The summed E-state index contributed by atoms with van der Waals surface area (Å²) in [7, 11) is 1.49. The fourth-order valence-electron chi connectivity index (χ4n) is 3.48. The molecular weight excluding hydrogens is 470 g/mol. The van der Waals surface area contributed by atoms with Gasteiger partial charge in [-0.1, -0.05) is 58.5 Å². The molecule has 0 aliphatic carbocycles. The Morgan fingerprint density at radius 2 is 1.60 bits per heavy atom. The van der Waals surface area contributed by atoms with Gasteiger partial charge in [-0.25, -0.2) is 0 Å². The van der Waals surface area contributed by atoms with E-state index >= 15 is 0 Å². The van der Waals surface area contributed by atoms with Crippen LogP contribution in [0.1, 0.15) is 23.6 Å². The number of carbonyl (C=O) groups is 3. The van der Waals surface area contributed by atoms with Crippen LogP contribution in [0, 0.1) is 5.92 Å². The molecule has 2 aromatic rings. The molecule has 0 bridgehead atoms. The van der Waals surface area contributed by atoms with Crippen LogP contribution in [0.3, 0.4) is 0 Å². The van der Waals surface area contributed by atoms with Gasteiger partial charge in [0.2, 0.25) is 11.7 Å². The van der Waals surface area contributed by atoms with Gasteiger partial charge in [0.05, 0.1) is 26.1 Å². The van der Waals surface area contributed by atoms with E-state index in [1.165, 1.54) is 11.9 Å². The molecule has 0 aromatic heterocycles. The van der Waals surface area contributed by atoms with Gasteiger partial charge in [-0.2, -0.15) is 0 Å². The maximum Gasteiger partial charge on any atom is 0.291 e. The molecule has 2 atom stereocenters. The third-order valence-corrected chi connectivity index (χ3v) is 6.52. The third-order valence-electron chi connectivity index (χ3n) is 5.04. The number of carbonyl (C=O) groups excluding carboxylic acids is 3. The van der Waals surface area contributed by atoms with E-state index in [1.807, 2.05) is 6.07 Å². The second kappa shape index (κ2) is 9.56. The van der Waals surface area contributed by atoms with Gasteiger partial charge >= 0.3 is 0 Å². The van der Waals surface area contributed by atoms with Crippen LogP contribution in [0.2, 0.25) is 20.1 Å². The highest BCUT2D eigenvalue weighted by molar-refractivity contribution is 6.43. The first-order valence-electron chi connectivity index (χ1n) is 9.18. The summed E-state index contributed by atoms with van der Waals surface area (Å²) < 4.78 is 0. The Morgan fingerprint density at radius 1 is 0.967 bits per heavy atom. The smallest absolute Gasteiger partial charge is 0.291 e. The second-order valence-electron chi connectivity index (χ2n) is 7.02. The zero-order chi connectivity index (χ0) is 22.0. The Bertz CT molecular complexity index is 1010. The van der Waals surface area contributed by atoms with Crippen LogP contribution >= 0.6 is 46.4 Å². The van der Waals surface area contributed by atoms with Crippen molar-refractivity contribution in [3.05, 3.63) is 67.6 Å². The lowest BCUT2D eigenvalue weighted by molar-refractivity contribution is -0.142. The maximum absolute atomic E-state index is 12.8. The molecule has 1 aliphatic rings. The molecule has 0 saturated carbocycles. The van der Waals surface area contributed by atoms with Crippen molar-refractivity contribution in [2.45, 2.75) is 18.9 Å². The Morgan fingerprint density at radius 3 is 2.23 bits per heavy atom. The summed E-state index contributed by atoms with van der Waals surface area (Å²) >= 11 is 24.0. The first-order chi connectivity index (χ1) is 14.2. The van der Waals surface area contributed by atoms with Gasteiger partial charge < -0.3 is 10.2 Å². The van der Waals surface area contributed by atoms with E-state index in [4.69, 9.17) is 46.4 Å². The van der Waals surface area contributed by atoms with Crippen molar-refractivity contribution < 1.29 is 14.4 Å². The number of likely N-dealkylation sites (tertiary alicyclic amines) is 1. The van der Waals surface area contributed by atoms with Crippen LogP contribution in [0.25, 0.3) is 0 Å². The molecule has 5 nitrogen and oxygen atoms in total. The normalized spacial score (nSPS) is 18.8. The number of ketones is 1. The molecule has 2 unspecified atom stereocenters. The summed E-state index contributed by atoms with van der Waals surface area (Å²) in [6.07, 6.45) is 1.30. The van der Waals surface area contributed by atoms with E-state index in [1.54, 1.807) is 30.3 Å². The zero-order valence-corrected chi connectivity index (χ0v) is 18.9. The van der Waals surface area contributed by atoms with Crippen LogP contribution in [0.5, 0.6) is 0 Å². The van der Waals surface area contributed by atoms with Crippen molar-refractivity contribution in [2.24, 2.45) is 5.92 Å². The second-order valence-corrected chi connectivity index (χ2v) is 8.65. The van der Waals surface area contributed by atoms with E-state index in [-0.39, 0.29) is 5.02 Å². The maximum atomic E-state index is 12.8. The average molecular weight is 488 g/mol. The monoisotopic (exact) mass is 486 g/mol. The van der Waals surface area contributed by atoms with Crippen LogP contribution in [-0.2, 0) is 20.8 Å². The number of halogens is 4. The van der Waals surface area contributed by atoms with Crippen molar-refractivity contribution in [2.75, 3.05) is 13.6 Å². The quantitative estimate of drug-likeness (QED) is 0.363. The fraction of sp³-hybridized carbons (Fsp3) is 0.286. The summed E-state index contributed by atoms with van der Waals surface area (Å²) in [6.45, 7) is 0.342. The van der Waals surface area contributed by atoms with Crippen LogP contribution in [0.4, 0.5) is 0 Å². The Balaban J connectivity index is 1.67. The summed E-state index contributed by atoms with van der Waals surface area (Å²) in [5.41, 5.74) is 1.56. The SMILES string of the molecule is CN1C(=O)C(=O)C(C(=O)NCCCc2ccc(Cl)c(Cl)c2)C1c1ccc(Cl)c(Cl)c1. The Labute approximate surface area is 194 Å². The number of nitrogens with one attached hydrogen (secondary N) is 1. The highest BCUT2D eigenvalue weighted by atomic mass is 35.5. The van der Waals surface area contributed by atoms with Crippen molar-refractivity contribution in [1.82, 2.24) is 10.2 Å². The van der Waals surface area contributed by atoms with Gasteiger partial charge in [-0.15, -0.1) is 0 Å². The number of benzene rings is 2. The van der Waals surface area contributed by atoms with E-state index in [0.29, 0.717) is 40.0 Å². The topological polar surface area (TPSA) is 66.5 Å². The molecule has 2 amide bonds. The standard InChI is InChI=1S/C21H18Cl4N2O3/c1-27-18(12-5-7-14(23)16(25)10-12)17(19(28)21(27)30)20(29)26-8-2-3-11-4-6-13(22)15(24)9-11/h4-7,9-10,17-18H,2-3,8H2,1H3,(H,26,29). The fourth-order valence-corrected chi connectivity index (χ4v) is 4.11. The van der Waals surface area contributed by atoms with Crippen LogP contribution in [0.15, 0.2) is 36.4 Å². The highest BCUT2D eigenvalue weighted by Crippen LogP contribution is 2.37. The number of likely N-dealkylation sites (N-methyl/N-ethyl adjacent to an activating group) is 1. The van der Waals surface area contributed by atoms with Crippen molar-refractivity contribution in [3.8, 4) is 0 Å². The summed E-state index contributed by atoms with van der Waals surface area (Å²) in [4.78, 5) is 38.8. The summed E-state index contributed by atoms with van der Waals surface area (Å²) in [6, 6.07) is 9.43. The predicted octanol–water partition coefficient (Wildman–Crippen LogP) is 4.75. The minimum Gasteiger partial charge on any atom is -0.355 e. The van der Waals surface area contributed by atoms with Gasteiger partial charge in [0, 0.05) is 13.6 Å². The lowest BCUT2D eigenvalue weighted by atomic mass is 9.92. The lowest BCUT2D eigenvalue weighted by Gasteiger charge is -2.24. The average Bonchev–Trinajstić information content (AvgIpc) is 2.94. The largest absolute Gasteiger partial charge is 0.355 e. The van der Waals surface area contributed by atoms with Crippen molar-refractivity contribution >= 4 is 64.0 Å². The molecule has 2 aromatic carbocycles. The number of aryl methyl sites for hydroxylation is 1. The zero-order valence-electron chi connectivity index (χ0n) is 15.9. The third kappa shape index (κ3) is 4.75. The molecule has 0 spiro atoms. The van der Waals surface area contributed by atoms with Crippen LogP contribution < -0.4 is 5.32 Å². The number of Topliss-reactive ketones (excluding diaryl/α,β-unsaturated/α-hetero) is 1. The Kier molecular flexibility index (Phi) is 7.30. The number of hydrogen-bond acceptors (Lipinski definition) is 3. The summed E-state index contributed by atoms with van der Waals surface area (Å²) in [5.74, 6) is -3.09. The van der Waals surface area contributed by atoms with Crippen LogP contribution in [-0.4, -0.2) is 36.1 Å². The van der Waals surface area contributed by atoms with Gasteiger partial charge in [0.25, 0.3) is 5.91 Å². The summed E-state index contributed by atoms with van der Waals surface area (Å²) in [5, 5.41) is 4.35. The van der Waals surface area contributed by atoms with E-state index in [2.05, 4.69) is 5.32 Å². The first-order valence-corrected chi connectivity index (χ1v) is 10.7. The van der Waals surface area contributed by atoms with E-state index < -0.39 is 29.6 Å². The first kappa shape index (κ1) is 22.9. The molecule has 1 fully saturated rings. The molecule has 30 heavy (non-hydrogen) atoms. The van der Waals surface area contributed by atoms with Crippen molar-refractivity contribution in [3.63, 3.8) is 0 Å². The van der Waals surface area contributed by atoms with Crippen molar-refractivity contribution in [1.29, 1.82) is 0 Å². The molecule has 1 saturated heterocycles. The minimum atomic E-state index is -1.15. The van der Waals surface area contributed by atoms with E-state index in [9.17, 15) is 14.4 Å². The molecule has 1 aliphatic heterocycles. The van der Waals surface area contributed by atoms with Gasteiger partial charge in [0.15, 0.2) is 0 Å². The van der Waals surface area contributed by atoms with E-state index in [0.717, 1.165) is 5.56 Å². The lowest BCUT2D eigenvalue weighted by Crippen LogP contribution is -2.37. The molecule has 1 heterocycles. The molecule has 3 rings (SSSR count). The molecule has 1 N–H and O–H groups in total. The minimum absolute atomic E-state index is 0.287. The van der Waals surface area contributed by atoms with Gasteiger partial charge in [-0.3, -0.25) is 14.4 Å². The number of hydrogen-bond donors (Lipinski definition) is 1.